The van der Waals surface area contributed by atoms with Crippen LogP contribution in [0.4, 0.5) is 4.79 Å². The Morgan fingerprint density at radius 2 is 1.52 bits per heavy atom. The summed E-state index contributed by atoms with van der Waals surface area (Å²) >= 11 is 0. The van der Waals surface area contributed by atoms with Crippen molar-refractivity contribution in [1.29, 1.82) is 0 Å². The Hall–Kier alpha value is -3.35. The van der Waals surface area contributed by atoms with E-state index in [1.54, 1.807) is 13.8 Å². The van der Waals surface area contributed by atoms with Crippen molar-refractivity contribution >= 4 is 18.0 Å². The van der Waals surface area contributed by atoms with Gasteiger partial charge in [-0.05, 0) is 30.5 Å². The predicted octanol–water partition coefficient (Wildman–Crippen LogP) is 3.24. The summed E-state index contributed by atoms with van der Waals surface area (Å²) in [6.07, 6.45) is -1.74. The maximum absolute atomic E-state index is 12.0. The highest BCUT2D eigenvalue weighted by atomic mass is 16.6. The molecular formula is C20H21NO6. The highest BCUT2D eigenvalue weighted by Crippen LogP contribution is 2.28. The van der Waals surface area contributed by atoms with E-state index in [2.05, 4.69) is 5.32 Å². The molecule has 0 fully saturated rings. The molecule has 142 valence electrons. The Bertz CT molecular complexity index is 814. The number of alkyl carbamates (subject to hydrolysis) is 1. The van der Waals surface area contributed by atoms with Crippen molar-refractivity contribution in [2.75, 3.05) is 0 Å². The van der Waals surface area contributed by atoms with Gasteiger partial charge in [0.2, 0.25) is 0 Å². The van der Waals surface area contributed by atoms with Gasteiger partial charge in [0.15, 0.2) is 0 Å². The van der Waals surface area contributed by atoms with Gasteiger partial charge in [0.25, 0.3) is 0 Å². The van der Waals surface area contributed by atoms with Crippen LogP contribution in [0.5, 0.6) is 0 Å². The van der Waals surface area contributed by atoms with E-state index in [1.807, 2.05) is 54.6 Å². The number of nitrogens with one attached hydrogen (secondary N) is 1. The van der Waals surface area contributed by atoms with Crippen LogP contribution >= 0.6 is 0 Å². The fourth-order valence-electron chi connectivity index (χ4n) is 2.53. The van der Waals surface area contributed by atoms with Crippen LogP contribution in [0.2, 0.25) is 0 Å². The number of ether oxygens (including phenoxy) is 1. The minimum Gasteiger partial charge on any atom is -0.481 e. The first kappa shape index (κ1) is 20.0. The lowest BCUT2D eigenvalue weighted by Gasteiger charge is -2.26. The molecule has 3 N–H and O–H groups in total. The number of rotatable bonds is 7. The molecule has 0 spiro atoms. The monoisotopic (exact) mass is 371 g/mol. The van der Waals surface area contributed by atoms with Crippen molar-refractivity contribution in [1.82, 2.24) is 5.32 Å². The molecule has 0 aliphatic rings. The van der Waals surface area contributed by atoms with E-state index in [0.717, 1.165) is 11.1 Å². The van der Waals surface area contributed by atoms with E-state index in [-0.39, 0.29) is 0 Å². The molecule has 7 nitrogen and oxygen atoms in total. The summed E-state index contributed by atoms with van der Waals surface area (Å²) in [5.41, 5.74) is 1.74. The molecule has 0 heterocycles. The molecular weight excluding hydrogens is 350 g/mol. The summed E-state index contributed by atoms with van der Waals surface area (Å²) in [4.78, 5) is 33.8. The van der Waals surface area contributed by atoms with Crippen LogP contribution in [0.25, 0.3) is 11.1 Å². The highest BCUT2D eigenvalue weighted by Gasteiger charge is 2.29. The molecule has 0 aliphatic carbocycles. The first-order valence-corrected chi connectivity index (χ1v) is 8.29. The summed E-state index contributed by atoms with van der Waals surface area (Å²) < 4.78 is 5.33. The molecule has 2 aromatic carbocycles. The van der Waals surface area contributed by atoms with E-state index in [1.165, 1.54) is 0 Å². The van der Waals surface area contributed by atoms with Crippen molar-refractivity contribution in [2.45, 2.75) is 31.9 Å². The lowest BCUT2D eigenvalue weighted by Crippen LogP contribution is -2.44. The summed E-state index contributed by atoms with van der Waals surface area (Å²) in [5, 5.41) is 19.8. The van der Waals surface area contributed by atoms with Gasteiger partial charge in [-0.25, -0.2) is 9.59 Å². The van der Waals surface area contributed by atoms with Crippen molar-refractivity contribution in [3.63, 3.8) is 0 Å². The maximum atomic E-state index is 12.0. The number of carboxylic acid groups (broad SMARTS) is 2. The first-order valence-electron chi connectivity index (χ1n) is 8.29. The van der Waals surface area contributed by atoms with Crippen LogP contribution in [0.3, 0.4) is 0 Å². The van der Waals surface area contributed by atoms with Crippen LogP contribution in [0.15, 0.2) is 54.6 Å². The molecule has 0 saturated carbocycles. The van der Waals surface area contributed by atoms with Crippen LogP contribution in [0, 0.1) is 0 Å². The van der Waals surface area contributed by atoms with Crippen LogP contribution in [-0.4, -0.2) is 34.3 Å². The van der Waals surface area contributed by atoms with E-state index in [0.29, 0.717) is 5.56 Å². The minimum atomic E-state index is -1.56. The van der Waals surface area contributed by atoms with Gasteiger partial charge in [0, 0.05) is 0 Å². The fraction of sp³-hybridized carbons (Fsp3) is 0.250. The Labute approximate surface area is 156 Å². The third-order valence-electron chi connectivity index (χ3n) is 4.00. The fourth-order valence-corrected chi connectivity index (χ4v) is 2.53. The lowest BCUT2D eigenvalue weighted by molar-refractivity contribution is -0.145. The molecule has 1 atom stereocenters. The number of hydrogen-bond donors (Lipinski definition) is 3. The maximum Gasteiger partial charge on any atom is 0.408 e. The molecule has 0 saturated heterocycles. The first-order chi connectivity index (χ1) is 12.7. The van der Waals surface area contributed by atoms with Gasteiger partial charge < -0.3 is 20.3 Å². The van der Waals surface area contributed by atoms with Crippen molar-refractivity contribution in [3.05, 3.63) is 60.2 Å². The number of hydrogen-bond acceptors (Lipinski definition) is 4. The molecule has 0 aromatic heterocycles. The summed E-state index contributed by atoms with van der Waals surface area (Å²) in [6, 6.07) is 15.7. The number of aliphatic carboxylic acids is 2. The molecule has 1 amide bonds. The topological polar surface area (TPSA) is 113 Å². The SMILES string of the molecule is CC(C)(OC(=O)NC(CC(=O)O)C(=O)O)c1ccc(-c2ccccc2)cc1. The second-order valence-corrected chi connectivity index (χ2v) is 6.48. The van der Waals surface area contributed by atoms with Gasteiger partial charge in [-0.15, -0.1) is 0 Å². The lowest BCUT2D eigenvalue weighted by atomic mass is 9.95. The third kappa shape index (κ3) is 5.57. The number of benzene rings is 2. The van der Waals surface area contributed by atoms with Crippen molar-refractivity contribution in [2.24, 2.45) is 0 Å². The van der Waals surface area contributed by atoms with Gasteiger partial charge >= 0.3 is 18.0 Å². The van der Waals surface area contributed by atoms with Crippen LogP contribution in [0.1, 0.15) is 25.8 Å². The number of carbonyl (C=O) groups excluding carboxylic acids is 1. The summed E-state index contributed by atoms with van der Waals surface area (Å²) in [6.45, 7) is 3.33. The molecule has 2 rings (SSSR count). The normalized spacial score (nSPS) is 12.1. The standard InChI is InChI=1S/C20H21NO6/c1-20(2,27-19(26)21-16(18(24)25)12-17(22)23)15-10-8-14(9-11-15)13-6-4-3-5-7-13/h3-11,16H,12H2,1-2H3,(H,21,26)(H,22,23)(H,24,25). The molecule has 0 aliphatic heterocycles. The summed E-state index contributed by atoms with van der Waals surface area (Å²) in [7, 11) is 0. The minimum absolute atomic E-state index is 0.711. The number of amides is 1. The average Bonchev–Trinajstić information content (AvgIpc) is 2.61. The van der Waals surface area contributed by atoms with Crippen molar-refractivity contribution in [3.8, 4) is 11.1 Å². The average molecular weight is 371 g/mol. The van der Waals surface area contributed by atoms with Gasteiger partial charge in [0.05, 0.1) is 6.42 Å². The van der Waals surface area contributed by atoms with Gasteiger partial charge in [0.1, 0.15) is 11.6 Å². The molecule has 2 aromatic rings. The van der Waals surface area contributed by atoms with E-state index in [9.17, 15) is 14.4 Å². The molecule has 0 radical (unpaired) electrons. The Morgan fingerprint density at radius 1 is 0.963 bits per heavy atom. The number of carbonyl (C=O) groups is 3. The summed E-state index contributed by atoms with van der Waals surface area (Å²) in [5.74, 6) is -2.78. The predicted molar refractivity (Wildman–Crippen MR) is 98.2 cm³/mol. The second kappa shape index (κ2) is 8.35. The molecule has 7 heteroatoms. The zero-order valence-electron chi connectivity index (χ0n) is 15.0. The van der Waals surface area contributed by atoms with E-state index >= 15 is 0 Å². The largest absolute Gasteiger partial charge is 0.481 e. The zero-order valence-corrected chi connectivity index (χ0v) is 15.0. The smallest absolute Gasteiger partial charge is 0.408 e. The molecule has 27 heavy (non-hydrogen) atoms. The second-order valence-electron chi connectivity index (χ2n) is 6.48. The zero-order chi connectivity index (χ0) is 20.0. The van der Waals surface area contributed by atoms with E-state index < -0.39 is 36.1 Å². The van der Waals surface area contributed by atoms with Crippen molar-refractivity contribution < 1.29 is 29.3 Å². The Kier molecular flexibility index (Phi) is 6.18. The molecule has 1 unspecified atom stereocenters. The van der Waals surface area contributed by atoms with Gasteiger partial charge in [-0.2, -0.15) is 0 Å². The highest BCUT2D eigenvalue weighted by molar-refractivity contribution is 5.84. The quantitative estimate of drug-likeness (QED) is 0.689. The Balaban J connectivity index is 2.07. The number of carboxylic acids is 2. The van der Waals surface area contributed by atoms with Crippen LogP contribution < -0.4 is 5.32 Å². The Morgan fingerprint density at radius 3 is 2.04 bits per heavy atom. The van der Waals surface area contributed by atoms with E-state index in [4.69, 9.17) is 14.9 Å². The van der Waals surface area contributed by atoms with Gasteiger partial charge in [-0.1, -0.05) is 54.6 Å². The molecule has 0 bridgehead atoms. The third-order valence-corrected chi connectivity index (χ3v) is 4.00. The van der Waals surface area contributed by atoms with Crippen LogP contribution in [-0.2, 0) is 19.9 Å². The van der Waals surface area contributed by atoms with Gasteiger partial charge in [-0.3, -0.25) is 4.79 Å².